The lowest BCUT2D eigenvalue weighted by molar-refractivity contribution is -0.144. The van der Waals surface area contributed by atoms with Crippen molar-refractivity contribution in [3.05, 3.63) is 0 Å². The number of hydrogen-bond acceptors (Lipinski definition) is 4. The van der Waals surface area contributed by atoms with E-state index in [1.165, 1.54) is 0 Å². The topological polar surface area (TPSA) is 73.0 Å². The van der Waals surface area contributed by atoms with E-state index in [1.54, 1.807) is 0 Å². The molecular formula is C21H32N4O3. The summed E-state index contributed by atoms with van der Waals surface area (Å²) in [4.78, 5) is 45.2. The van der Waals surface area contributed by atoms with Crippen LogP contribution in [0.5, 0.6) is 0 Å². The summed E-state index contributed by atoms with van der Waals surface area (Å²) >= 11 is 0. The molecule has 5 rings (SSSR count). The Morgan fingerprint density at radius 3 is 2.25 bits per heavy atom. The third-order valence-corrected chi connectivity index (χ3v) is 6.94. The fourth-order valence-electron chi connectivity index (χ4n) is 4.89. The number of carbonyl (C=O) groups is 3. The molecule has 2 aliphatic heterocycles. The monoisotopic (exact) mass is 388 g/mol. The molecule has 0 aromatic rings. The molecule has 3 amide bonds. The average Bonchev–Trinajstić information content (AvgIpc) is 3.56. The van der Waals surface area contributed by atoms with Gasteiger partial charge in [0, 0.05) is 44.1 Å². The first-order valence-electron chi connectivity index (χ1n) is 11.3. The average molecular weight is 389 g/mol. The van der Waals surface area contributed by atoms with Crippen molar-refractivity contribution in [3.8, 4) is 0 Å². The van der Waals surface area contributed by atoms with Gasteiger partial charge in [-0.3, -0.25) is 14.4 Å². The quantitative estimate of drug-likeness (QED) is 0.748. The van der Waals surface area contributed by atoms with E-state index in [-0.39, 0.29) is 41.6 Å². The highest BCUT2D eigenvalue weighted by Gasteiger charge is 2.51. The molecule has 0 aromatic carbocycles. The van der Waals surface area contributed by atoms with E-state index in [0.29, 0.717) is 25.6 Å². The van der Waals surface area contributed by atoms with Gasteiger partial charge < -0.3 is 20.0 Å². The zero-order valence-electron chi connectivity index (χ0n) is 16.6. The van der Waals surface area contributed by atoms with Crippen LogP contribution in [0.3, 0.4) is 0 Å². The SMILES string of the molecule is O=C(C1CC(N(C(=O)C2CC2)C2CC2)CN1C(=O)C1CC1)N1CCCNCC1. The van der Waals surface area contributed by atoms with Gasteiger partial charge in [0.05, 0.1) is 6.04 Å². The molecule has 5 aliphatic rings. The Labute approximate surface area is 166 Å². The normalized spacial score (nSPS) is 30.9. The van der Waals surface area contributed by atoms with E-state index in [9.17, 15) is 14.4 Å². The van der Waals surface area contributed by atoms with Gasteiger partial charge in [-0.05, 0) is 57.9 Å². The number of amides is 3. The van der Waals surface area contributed by atoms with Gasteiger partial charge in [-0.15, -0.1) is 0 Å². The summed E-state index contributed by atoms with van der Waals surface area (Å²) in [6.07, 6.45) is 7.61. The van der Waals surface area contributed by atoms with Crippen molar-refractivity contribution in [3.63, 3.8) is 0 Å². The van der Waals surface area contributed by atoms with E-state index in [4.69, 9.17) is 0 Å². The number of hydrogen-bond donors (Lipinski definition) is 1. The van der Waals surface area contributed by atoms with Gasteiger partial charge in [0.1, 0.15) is 6.04 Å². The van der Waals surface area contributed by atoms with Gasteiger partial charge in [0.25, 0.3) is 0 Å². The molecule has 7 heteroatoms. The number of nitrogens with one attached hydrogen (secondary N) is 1. The van der Waals surface area contributed by atoms with E-state index in [0.717, 1.165) is 64.6 Å². The predicted octanol–water partition coefficient (Wildman–Crippen LogP) is 0.589. The number of rotatable bonds is 5. The molecule has 1 N–H and O–H groups in total. The largest absolute Gasteiger partial charge is 0.340 e. The maximum absolute atomic E-state index is 13.4. The second-order valence-electron chi connectivity index (χ2n) is 9.35. The second-order valence-corrected chi connectivity index (χ2v) is 9.35. The molecule has 2 atom stereocenters. The Morgan fingerprint density at radius 1 is 0.821 bits per heavy atom. The Kier molecular flexibility index (Phi) is 4.81. The molecule has 0 bridgehead atoms. The van der Waals surface area contributed by atoms with Crippen LogP contribution in [0.15, 0.2) is 0 Å². The molecule has 0 spiro atoms. The van der Waals surface area contributed by atoms with Crippen LogP contribution in [0.25, 0.3) is 0 Å². The maximum Gasteiger partial charge on any atom is 0.245 e. The van der Waals surface area contributed by atoms with E-state index < -0.39 is 0 Å². The van der Waals surface area contributed by atoms with Gasteiger partial charge in [0.15, 0.2) is 0 Å². The lowest BCUT2D eigenvalue weighted by atomic mass is 10.1. The number of carbonyl (C=O) groups excluding carboxylic acids is 3. The van der Waals surface area contributed by atoms with Gasteiger partial charge >= 0.3 is 0 Å². The summed E-state index contributed by atoms with van der Waals surface area (Å²) in [5.74, 6) is 0.810. The molecular weight excluding hydrogens is 356 g/mol. The fraction of sp³-hybridized carbons (Fsp3) is 0.857. The first-order valence-corrected chi connectivity index (χ1v) is 11.3. The number of likely N-dealkylation sites (tertiary alicyclic amines) is 1. The summed E-state index contributed by atoms with van der Waals surface area (Å²) in [6, 6.07) is -0.0287. The predicted molar refractivity (Wildman–Crippen MR) is 103 cm³/mol. The Bertz CT molecular complexity index is 648. The molecule has 3 aliphatic carbocycles. The van der Waals surface area contributed by atoms with Gasteiger partial charge in [-0.2, -0.15) is 0 Å². The summed E-state index contributed by atoms with van der Waals surface area (Å²) in [5.41, 5.74) is 0. The summed E-state index contributed by atoms with van der Waals surface area (Å²) < 4.78 is 0. The molecule has 2 heterocycles. The first-order chi connectivity index (χ1) is 13.6. The standard InChI is InChI=1S/C21H32N4O3/c26-19(14-2-3-14)24-13-17(25(16-6-7-16)20(27)15-4-5-15)12-18(24)21(28)23-10-1-8-22-9-11-23/h14-18,22H,1-13H2. The van der Waals surface area contributed by atoms with Crippen molar-refractivity contribution in [1.29, 1.82) is 0 Å². The molecule has 0 aromatic heterocycles. The molecule has 2 unspecified atom stereocenters. The van der Waals surface area contributed by atoms with E-state index >= 15 is 0 Å². The van der Waals surface area contributed by atoms with Crippen LogP contribution in [0.4, 0.5) is 0 Å². The van der Waals surface area contributed by atoms with Gasteiger partial charge in [0.2, 0.25) is 17.7 Å². The van der Waals surface area contributed by atoms with Crippen molar-refractivity contribution in [2.75, 3.05) is 32.7 Å². The highest BCUT2D eigenvalue weighted by Crippen LogP contribution is 2.41. The molecule has 0 radical (unpaired) electrons. The van der Waals surface area contributed by atoms with Crippen molar-refractivity contribution in [2.24, 2.45) is 11.8 Å². The minimum Gasteiger partial charge on any atom is -0.340 e. The minimum absolute atomic E-state index is 0.0161. The van der Waals surface area contributed by atoms with Gasteiger partial charge in [-0.1, -0.05) is 0 Å². The summed E-state index contributed by atoms with van der Waals surface area (Å²) in [7, 11) is 0. The molecule has 3 saturated carbocycles. The van der Waals surface area contributed by atoms with Crippen LogP contribution >= 0.6 is 0 Å². The molecule has 5 fully saturated rings. The molecule has 28 heavy (non-hydrogen) atoms. The van der Waals surface area contributed by atoms with Crippen LogP contribution in [0, 0.1) is 11.8 Å². The lowest BCUT2D eigenvalue weighted by Gasteiger charge is -2.29. The fourth-order valence-corrected chi connectivity index (χ4v) is 4.89. The third-order valence-electron chi connectivity index (χ3n) is 6.94. The Balaban J connectivity index is 1.35. The minimum atomic E-state index is -0.385. The lowest BCUT2D eigenvalue weighted by Crippen LogP contribution is -2.49. The molecule has 7 nitrogen and oxygen atoms in total. The summed E-state index contributed by atoms with van der Waals surface area (Å²) in [5, 5.41) is 3.34. The van der Waals surface area contributed by atoms with Crippen LogP contribution in [-0.2, 0) is 14.4 Å². The van der Waals surface area contributed by atoms with Crippen molar-refractivity contribution >= 4 is 17.7 Å². The maximum atomic E-state index is 13.4. The zero-order chi connectivity index (χ0) is 19.3. The third kappa shape index (κ3) is 3.65. The van der Waals surface area contributed by atoms with Crippen LogP contribution in [0.2, 0.25) is 0 Å². The van der Waals surface area contributed by atoms with E-state index in [2.05, 4.69) is 10.2 Å². The van der Waals surface area contributed by atoms with Crippen LogP contribution < -0.4 is 5.32 Å². The first kappa shape index (κ1) is 18.4. The smallest absolute Gasteiger partial charge is 0.245 e. The highest BCUT2D eigenvalue weighted by molar-refractivity contribution is 5.90. The zero-order valence-corrected chi connectivity index (χ0v) is 16.6. The Morgan fingerprint density at radius 2 is 1.57 bits per heavy atom. The second kappa shape index (κ2) is 7.32. The highest BCUT2D eigenvalue weighted by atomic mass is 16.2. The van der Waals surface area contributed by atoms with Crippen molar-refractivity contribution < 1.29 is 14.4 Å². The Hall–Kier alpha value is -1.63. The van der Waals surface area contributed by atoms with Crippen LogP contribution in [-0.4, -0.2) is 83.3 Å². The number of nitrogens with zero attached hydrogens (tertiary/aromatic N) is 3. The van der Waals surface area contributed by atoms with Crippen molar-refractivity contribution in [2.45, 2.75) is 69.5 Å². The molecule has 2 saturated heterocycles. The van der Waals surface area contributed by atoms with E-state index in [1.807, 2.05) is 9.80 Å². The van der Waals surface area contributed by atoms with Crippen LogP contribution in [0.1, 0.15) is 51.4 Å². The van der Waals surface area contributed by atoms with Gasteiger partial charge in [-0.25, -0.2) is 0 Å². The molecule has 154 valence electrons. The summed E-state index contributed by atoms with van der Waals surface area (Å²) in [6.45, 7) is 3.76. The van der Waals surface area contributed by atoms with Crippen molar-refractivity contribution in [1.82, 2.24) is 20.0 Å².